The predicted octanol–water partition coefficient (Wildman–Crippen LogP) is 3.33. The second kappa shape index (κ2) is 7.47. The molecular weight excluding hydrogens is 296 g/mol. The highest BCUT2D eigenvalue weighted by Crippen LogP contribution is 2.28. The molecule has 1 aliphatic carbocycles. The largest absolute Gasteiger partial charge is 0.339 e. The fraction of sp³-hybridized carbons (Fsp3) is 0.611. The van der Waals surface area contributed by atoms with Gasteiger partial charge in [0.25, 0.3) is 5.91 Å². The molecule has 0 bridgehead atoms. The molecule has 1 saturated heterocycles. The Bertz CT molecular complexity index is 520. The summed E-state index contributed by atoms with van der Waals surface area (Å²) >= 11 is 0. The maximum absolute atomic E-state index is 12.6. The summed E-state index contributed by atoms with van der Waals surface area (Å²) in [6.07, 6.45) is 4.97. The molecule has 0 aromatic heterocycles. The molecule has 2 fully saturated rings. The van der Waals surface area contributed by atoms with Crippen molar-refractivity contribution in [1.82, 2.24) is 10.2 Å². The van der Waals surface area contributed by atoms with Crippen LogP contribution >= 0.6 is 12.4 Å². The van der Waals surface area contributed by atoms with Crippen molar-refractivity contribution in [1.29, 1.82) is 0 Å². The Morgan fingerprint density at radius 2 is 1.82 bits per heavy atom. The fourth-order valence-electron chi connectivity index (χ4n) is 3.00. The monoisotopic (exact) mass is 322 g/mol. The number of piperidine rings is 1. The molecule has 1 aliphatic heterocycles. The van der Waals surface area contributed by atoms with Gasteiger partial charge in [-0.3, -0.25) is 4.79 Å². The van der Waals surface area contributed by atoms with Gasteiger partial charge in [0.1, 0.15) is 0 Å². The van der Waals surface area contributed by atoms with Gasteiger partial charge in [-0.1, -0.05) is 6.07 Å². The maximum Gasteiger partial charge on any atom is 0.253 e. The number of rotatable bonds is 4. The van der Waals surface area contributed by atoms with Gasteiger partial charge in [0, 0.05) is 24.7 Å². The summed E-state index contributed by atoms with van der Waals surface area (Å²) in [4.78, 5) is 14.6. The first-order valence-electron chi connectivity index (χ1n) is 8.23. The second-order valence-corrected chi connectivity index (χ2v) is 6.72. The minimum atomic E-state index is 0. The molecule has 122 valence electrons. The molecule has 0 spiro atoms. The predicted molar refractivity (Wildman–Crippen MR) is 92.8 cm³/mol. The summed E-state index contributed by atoms with van der Waals surface area (Å²) in [7, 11) is 0. The van der Waals surface area contributed by atoms with Crippen LogP contribution in [0, 0.1) is 19.8 Å². The average Bonchev–Trinajstić information content (AvgIpc) is 3.32. The van der Waals surface area contributed by atoms with Crippen molar-refractivity contribution in [2.45, 2.75) is 45.6 Å². The molecule has 1 N–H and O–H groups in total. The fourth-order valence-corrected chi connectivity index (χ4v) is 3.00. The Morgan fingerprint density at radius 3 is 2.41 bits per heavy atom. The van der Waals surface area contributed by atoms with Crippen molar-refractivity contribution in [3.8, 4) is 0 Å². The molecule has 1 saturated carbocycles. The van der Waals surface area contributed by atoms with E-state index in [-0.39, 0.29) is 18.3 Å². The third-order valence-corrected chi connectivity index (χ3v) is 4.93. The first-order chi connectivity index (χ1) is 10.1. The lowest BCUT2D eigenvalue weighted by Crippen LogP contribution is -2.45. The number of nitrogens with zero attached hydrogens (tertiary/aromatic N) is 1. The topological polar surface area (TPSA) is 32.3 Å². The van der Waals surface area contributed by atoms with Crippen LogP contribution in [-0.2, 0) is 0 Å². The highest BCUT2D eigenvalue weighted by molar-refractivity contribution is 5.94. The highest BCUT2D eigenvalue weighted by atomic mass is 35.5. The lowest BCUT2D eigenvalue weighted by molar-refractivity contribution is 0.0705. The zero-order chi connectivity index (χ0) is 14.8. The first-order valence-corrected chi connectivity index (χ1v) is 8.23. The van der Waals surface area contributed by atoms with Gasteiger partial charge in [-0.2, -0.15) is 0 Å². The van der Waals surface area contributed by atoms with Crippen LogP contribution in [0.3, 0.4) is 0 Å². The van der Waals surface area contributed by atoms with Crippen molar-refractivity contribution in [3.63, 3.8) is 0 Å². The summed E-state index contributed by atoms with van der Waals surface area (Å²) in [5.41, 5.74) is 3.28. The van der Waals surface area contributed by atoms with E-state index in [2.05, 4.69) is 19.2 Å². The average molecular weight is 323 g/mol. The van der Waals surface area contributed by atoms with Gasteiger partial charge in [-0.15, -0.1) is 12.4 Å². The number of carbonyl (C=O) groups excluding carboxylic acids is 1. The molecule has 0 unspecified atom stereocenters. The van der Waals surface area contributed by atoms with Crippen LogP contribution in [0.15, 0.2) is 18.2 Å². The van der Waals surface area contributed by atoms with Gasteiger partial charge in [0.05, 0.1) is 0 Å². The number of nitrogens with one attached hydrogen (secondary N) is 1. The van der Waals surface area contributed by atoms with E-state index >= 15 is 0 Å². The molecule has 1 heterocycles. The standard InChI is InChI=1S/C18H26N2O.ClH/c1-13-3-6-16(11-14(13)2)18(21)20-9-7-17(8-10-20)19-12-15-4-5-15;/h3,6,11,15,17,19H,4-5,7-10,12H2,1-2H3;1H. The van der Waals surface area contributed by atoms with Gasteiger partial charge in [-0.25, -0.2) is 0 Å². The highest BCUT2D eigenvalue weighted by Gasteiger charge is 2.26. The molecule has 0 radical (unpaired) electrons. The van der Waals surface area contributed by atoms with Gasteiger partial charge in [0.15, 0.2) is 0 Å². The van der Waals surface area contributed by atoms with E-state index in [0.29, 0.717) is 6.04 Å². The number of amides is 1. The van der Waals surface area contributed by atoms with Crippen molar-refractivity contribution < 1.29 is 4.79 Å². The normalized spacial score (nSPS) is 18.9. The van der Waals surface area contributed by atoms with Crippen molar-refractivity contribution in [2.75, 3.05) is 19.6 Å². The Morgan fingerprint density at radius 1 is 1.14 bits per heavy atom. The Labute approximate surface area is 139 Å². The third-order valence-electron chi connectivity index (χ3n) is 4.93. The van der Waals surface area contributed by atoms with Crippen LogP contribution < -0.4 is 5.32 Å². The molecule has 0 atom stereocenters. The number of aryl methyl sites for hydroxylation is 2. The molecular formula is C18H27ClN2O. The van der Waals surface area contributed by atoms with Crippen molar-refractivity contribution in [2.24, 2.45) is 5.92 Å². The number of carbonyl (C=O) groups is 1. The smallest absolute Gasteiger partial charge is 0.253 e. The van der Waals surface area contributed by atoms with E-state index < -0.39 is 0 Å². The van der Waals surface area contributed by atoms with Crippen LogP contribution in [0.4, 0.5) is 0 Å². The lowest BCUT2D eigenvalue weighted by Gasteiger charge is -2.32. The molecule has 4 heteroatoms. The summed E-state index contributed by atoms with van der Waals surface area (Å²) in [6, 6.07) is 6.64. The molecule has 1 amide bonds. The minimum absolute atomic E-state index is 0. The van der Waals surface area contributed by atoms with Crippen LogP contribution in [-0.4, -0.2) is 36.5 Å². The molecule has 1 aromatic carbocycles. The summed E-state index contributed by atoms with van der Waals surface area (Å²) in [5, 5.41) is 3.66. The Hall–Kier alpha value is -1.06. The quantitative estimate of drug-likeness (QED) is 0.922. The summed E-state index contributed by atoms with van der Waals surface area (Å²) in [6.45, 7) is 7.10. The van der Waals surface area contributed by atoms with Gasteiger partial charge < -0.3 is 10.2 Å². The van der Waals surface area contributed by atoms with Gasteiger partial charge >= 0.3 is 0 Å². The summed E-state index contributed by atoms with van der Waals surface area (Å²) in [5.74, 6) is 1.12. The zero-order valence-corrected chi connectivity index (χ0v) is 14.4. The third kappa shape index (κ3) is 4.23. The number of hydrogen-bond acceptors (Lipinski definition) is 2. The second-order valence-electron chi connectivity index (χ2n) is 6.72. The molecule has 2 aliphatic rings. The van der Waals surface area contributed by atoms with Crippen molar-refractivity contribution in [3.05, 3.63) is 34.9 Å². The van der Waals surface area contributed by atoms with Gasteiger partial charge in [-0.05, 0) is 75.3 Å². The number of benzene rings is 1. The van der Waals surface area contributed by atoms with E-state index in [9.17, 15) is 4.79 Å². The van der Waals surface area contributed by atoms with E-state index in [1.54, 1.807) is 0 Å². The van der Waals surface area contributed by atoms with E-state index in [0.717, 1.165) is 37.4 Å². The Kier molecular flexibility index (Phi) is 5.87. The number of likely N-dealkylation sites (tertiary alicyclic amines) is 1. The SMILES string of the molecule is Cc1ccc(C(=O)N2CCC(NCC3CC3)CC2)cc1C.Cl. The molecule has 1 aromatic rings. The van der Waals surface area contributed by atoms with Crippen LogP contribution in [0.25, 0.3) is 0 Å². The lowest BCUT2D eigenvalue weighted by atomic mass is 10.0. The van der Waals surface area contributed by atoms with E-state index in [1.165, 1.54) is 30.5 Å². The van der Waals surface area contributed by atoms with Crippen LogP contribution in [0.2, 0.25) is 0 Å². The maximum atomic E-state index is 12.6. The van der Waals surface area contributed by atoms with Crippen molar-refractivity contribution >= 4 is 18.3 Å². The molecule has 3 nitrogen and oxygen atoms in total. The summed E-state index contributed by atoms with van der Waals surface area (Å²) < 4.78 is 0. The van der Waals surface area contributed by atoms with Crippen LogP contribution in [0.5, 0.6) is 0 Å². The Balaban J connectivity index is 0.00000176. The molecule has 3 rings (SSSR count). The van der Waals surface area contributed by atoms with E-state index in [4.69, 9.17) is 0 Å². The van der Waals surface area contributed by atoms with E-state index in [1.807, 2.05) is 23.1 Å². The van der Waals surface area contributed by atoms with Crippen LogP contribution in [0.1, 0.15) is 47.2 Å². The minimum Gasteiger partial charge on any atom is -0.339 e. The zero-order valence-electron chi connectivity index (χ0n) is 13.6. The first kappa shape index (κ1) is 17.3. The number of hydrogen-bond donors (Lipinski definition) is 1. The molecule has 22 heavy (non-hydrogen) atoms. The number of halogens is 1. The van der Waals surface area contributed by atoms with Gasteiger partial charge in [0.2, 0.25) is 0 Å².